The number of benzene rings is 3. The molecule has 4 aromatic rings. The van der Waals surface area contributed by atoms with E-state index in [1.807, 2.05) is 74.6 Å². The maximum atomic E-state index is 14.9. The maximum absolute atomic E-state index is 14.9. The second-order valence-electron chi connectivity index (χ2n) is 16.1. The molecule has 2 N–H and O–H groups in total. The van der Waals surface area contributed by atoms with Crippen molar-refractivity contribution in [3.05, 3.63) is 101 Å². The molecule has 4 atom stereocenters. The van der Waals surface area contributed by atoms with E-state index in [2.05, 4.69) is 22.5 Å². The predicted octanol–water partition coefficient (Wildman–Crippen LogP) is 4.98. The molecule has 0 bridgehead atoms. The molecule has 4 heterocycles. The molecule has 3 aliphatic rings. The molecule has 306 valence electrons. The van der Waals surface area contributed by atoms with Gasteiger partial charge in [0.25, 0.3) is 0 Å². The lowest BCUT2D eigenvalue weighted by atomic mass is 9.86. The number of piperidine rings is 2. The topological polar surface area (TPSA) is 158 Å². The van der Waals surface area contributed by atoms with Crippen molar-refractivity contribution in [2.75, 3.05) is 33.2 Å². The fourth-order valence-electron chi connectivity index (χ4n) is 8.88. The van der Waals surface area contributed by atoms with Crippen LogP contribution in [0.25, 0.3) is 10.9 Å². The first-order valence-electron chi connectivity index (χ1n) is 20.2. The number of aryl methyl sites for hydroxylation is 2. The third kappa shape index (κ3) is 8.95. The Morgan fingerprint density at radius 1 is 0.897 bits per heavy atom. The SMILES string of the molecule is Cc1ccc(C[C@@H]2C[C@@H](C(=O)NCc3ccc4c(cnn4C)c3)N(C(=O)[C@H]3[C@@H](C(=O)N(C)C4CCN(C(=O)OCc5ccccc5)CC4)CCCN3C(=O)O)C2)cc1. The molecular weight excluding hydrogens is 739 g/mol. The van der Waals surface area contributed by atoms with E-state index < -0.39 is 36.1 Å². The van der Waals surface area contributed by atoms with E-state index >= 15 is 0 Å². The fourth-order valence-corrected chi connectivity index (χ4v) is 8.88. The largest absolute Gasteiger partial charge is 0.465 e. The van der Waals surface area contributed by atoms with Gasteiger partial charge in [0.2, 0.25) is 17.7 Å². The second kappa shape index (κ2) is 17.7. The molecule has 58 heavy (non-hydrogen) atoms. The molecule has 7 rings (SSSR count). The van der Waals surface area contributed by atoms with Gasteiger partial charge in [0.1, 0.15) is 18.7 Å². The van der Waals surface area contributed by atoms with Gasteiger partial charge in [-0.3, -0.25) is 24.0 Å². The van der Waals surface area contributed by atoms with Crippen LogP contribution >= 0.6 is 0 Å². The highest BCUT2D eigenvalue weighted by Crippen LogP contribution is 2.34. The summed E-state index contributed by atoms with van der Waals surface area (Å²) >= 11 is 0. The average Bonchev–Trinajstić information content (AvgIpc) is 3.84. The van der Waals surface area contributed by atoms with Crippen LogP contribution in [-0.2, 0) is 45.7 Å². The van der Waals surface area contributed by atoms with Crippen LogP contribution in [0, 0.1) is 18.8 Å². The highest BCUT2D eigenvalue weighted by atomic mass is 16.6. The lowest BCUT2D eigenvalue weighted by molar-refractivity contribution is -0.152. The smallest absolute Gasteiger partial charge is 0.410 e. The second-order valence-corrected chi connectivity index (χ2v) is 16.1. The van der Waals surface area contributed by atoms with Crippen molar-refractivity contribution in [2.45, 2.75) is 76.7 Å². The number of carbonyl (C=O) groups excluding carboxylic acids is 4. The number of aromatic nitrogens is 2. The summed E-state index contributed by atoms with van der Waals surface area (Å²) in [5, 5.41) is 18.7. The third-order valence-electron chi connectivity index (χ3n) is 12.2. The Labute approximate surface area is 338 Å². The lowest BCUT2D eigenvalue weighted by Crippen LogP contribution is -2.62. The summed E-state index contributed by atoms with van der Waals surface area (Å²) in [5.41, 5.74) is 4.96. The van der Waals surface area contributed by atoms with Crippen molar-refractivity contribution < 1.29 is 33.8 Å². The average molecular weight is 792 g/mol. The molecule has 0 radical (unpaired) electrons. The number of carbonyl (C=O) groups is 5. The van der Waals surface area contributed by atoms with Crippen LogP contribution in [0.2, 0.25) is 0 Å². The fraction of sp³-hybridized carbons (Fsp3) is 0.455. The standard InChI is InChI=1S/C44H53N7O7/c1-29-11-13-30(14-12-29)22-33-24-38(40(52)45-25-32-15-16-37-34(23-32)26-46-48(37)3)51(27-33)42(54)39-36(10-7-19-50(39)43(55)56)41(53)47(2)35-17-20-49(21-18-35)44(57)58-28-31-8-5-4-6-9-31/h4-6,8-9,11-16,23,26,33,35-36,38-39H,7,10,17-22,24-25,27-28H2,1-3H3,(H,45,52)(H,55,56)/t33-,36+,38+,39-/m1/s1. The lowest BCUT2D eigenvalue weighted by Gasteiger charge is -2.43. The van der Waals surface area contributed by atoms with Crippen LogP contribution < -0.4 is 5.32 Å². The van der Waals surface area contributed by atoms with Crippen LogP contribution in [0.1, 0.15) is 54.4 Å². The summed E-state index contributed by atoms with van der Waals surface area (Å²) in [7, 11) is 3.57. The summed E-state index contributed by atoms with van der Waals surface area (Å²) in [6.07, 6.45) is 2.91. The summed E-state index contributed by atoms with van der Waals surface area (Å²) < 4.78 is 7.31. The van der Waals surface area contributed by atoms with Gasteiger partial charge >= 0.3 is 12.2 Å². The molecule has 5 amide bonds. The van der Waals surface area contributed by atoms with Gasteiger partial charge < -0.3 is 29.9 Å². The van der Waals surface area contributed by atoms with Gasteiger partial charge in [-0.15, -0.1) is 0 Å². The van der Waals surface area contributed by atoms with Crippen LogP contribution in [0.4, 0.5) is 9.59 Å². The molecular formula is C44H53N7O7. The van der Waals surface area contributed by atoms with E-state index in [-0.39, 0.29) is 50.0 Å². The van der Waals surface area contributed by atoms with E-state index in [1.54, 1.807) is 27.7 Å². The van der Waals surface area contributed by atoms with Gasteiger partial charge in [0, 0.05) is 58.2 Å². The minimum atomic E-state index is -1.28. The zero-order chi connectivity index (χ0) is 40.9. The van der Waals surface area contributed by atoms with Crippen LogP contribution in [0.15, 0.2) is 79.0 Å². The quantitative estimate of drug-likeness (QED) is 0.228. The molecule has 0 unspecified atom stereocenters. The number of nitrogens with zero attached hydrogens (tertiary/aromatic N) is 6. The number of carboxylic acid groups (broad SMARTS) is 1. The highest BCUT2D eigenvalue weighted by molar-refractivity contribution is 5.96. The first kappa shape index (κ1) is 40.3. The Bertz CT molecular complexity index is 2120. The molecule has 0 spiro atoms. The monoisotopic (exact) mass is 791 g/mol. The summed E-state index contributed by atoms with van der Waals surface area (Å²) in [6.45, 7) is 3.59. The van der Waals surface area contributed by atoms with Gasteiger partial charge in [-0.2, -0.15) is 5.10 Å². The normalized spacial score (nSPS) is 21.2. The number of hydrogen-bond donors (Lipinski definition) is 2. The van der Waals surface area contributed by atoms with Gasteiger partial charge in [0.05, 0.1) is 17.6 Å². The van der Waals surface area contributed by atoms with Crippen molar-refractivity contribution in [1.29, 1.82) is 0 Å². The first-order valence-corrected chi connectivity index (χ1v) is 20.2. The molecule has 3 saturated heterocycles. The van der Waals surface area contributed by atoms with E-state index in [0.29, 0.717) is 51.6 Å². The van der Waals surface area contributed by atoms with E-state index in [4.69, 9.17) is 4.74 Å². The Morgan fingerprint density at radius 3 is 2.34 bits per heavy atom. The van der Waals surface area contributed by atoms with E-state index in [9.17, 15) is 29.1 Å². The van der Waals surface area contributed by atoms with Crippen molar-refractivity contribution in [3.63, 3.8) is 0 Å². The Kier molecular flexibility index (Phi) is 12.3. The number of fused-ring (bicyclic) bond motifs is 1. The number of nitrogens with one attached hydrogen (secondary N) is 1. The predicted molar refractivity (Wildman–Crippen MR) is 216 cm³/mol. The van der Waals surface area contributed by atoms with Crippen molar-refractivity contribution in [1.82, 2.24) is 34.7 Å². The van der Waals surface area contributed by atoms with Crippen molar-refractivity contribution in [3.8, 4) is 0 Å². The number of rotatable bonds is 10. The van der Waals surface area contributed by atoms with Crippen LogP contribution in [-0.4, -0.2) is 116 Å². The molecule has 14 heteroatoms. The Balaban J connectivity index is 1.06. The molecule has 0 saturated carbocycles. The minimum Gasteiger partial charge on any atom is -0.465 e. The van der Waals surface area contributed by atoms with Crippen LogP contribution in [0.3, 0.4) is 0 Å². The molecule has 3 aliphatic heterocycles. The van der Waals surface area contributed by atoms with Crippen molar-refractivity contribution >= 4 is 40.8 Å². The number of ether oxygens (including phenoxy) is 1. The molecule has 14 nitrogen and oxygen atoms in total. The molecule has 3 aromatic carbocycles. The van der Waals surface area contributed by atoms with E-state index in [0.717, 1.165) is 38.1 Å². The summed E-state index contributed by atoms with van der Waals surface area (Å²) in [5.74, 6) is -2.14. The number of hydrogen-bond acceptors (Lipinski definition) is 7. The van der Waals surface area contributed by atoms with Gasteiger partial charge in [0.15, 0.2) is 0 Å². The Morgan fingerprint density at radius 2 is 1.62 bits per heavy atom. The Hall–Kier alpha value is -5.92. The van der Waals surface area contributed by atoms with Gasteiger partial charge in [-0.25, -0.2) is 9.59 Å². The molecule has 0 aliphatic carbocycles. The molecule has 1 aromatic heterocycles. The van der Waals surface area contributed by atoms with Crippen molar-refractivity contribution in [2.24, 2.45) is 18.9 Å². The first-order chi connectivity index (χ1) is 28.0. The highest BCUT2D eigenvalue weighted by Gasteiger charge is 2.50. The number of amides is 5. The number of likely N-dealkylation sites (tertiary alicyclic amines) is 3. The maximum Gasteiger partial charge on any atom is 0.410 e. The zero-order valence-corrected chi connectivity index (χ0v) is 33.5. The zero-order valence-electron chi connectivity index (χ0n) is 33.5. The third-order valence-corrected chi connectivity index (χ3v) is 12.2. The van der Waals surface area contributed by atoms with Gasteiger partial charge in [-0.05, 0) is 80.2 Å². The minimum absolute atomic E-state index is 0.0580. The van der Waals surface area contributed by atoms with E-state index in [1.165, 1.54) is 4.90 Å². The molecule has 3 fully saturated rings. The van der Waals surface area contributed by atoms with Gasteiger partial charge in [-0.1, -0.05) is 66.2 Å². The summed E-state index contributed by atoms with van der Waals surface area (Å²) in [4.78, 5) is 74.9. The summed E-state index contributed by atoms with van der Waals surface area (Å²) in [6, 6.07) is 21.2. The van der Waals surface area contributed by atoms with Crippen LogP contribution in [0.5, 0.6) is 0 Å².